The highest BCUT2D eigenvalue weighted by Crippen LogP contribution is 2.33. The molecule has 1 N–H and O–H groups in total. The first-order chi connectivity index (χ1) is 13.1. The fourth-order valence-electron chi connectivity index (χ4n) is 2.51. The minimum absolute atomic E-state index is 0.0477. The van der Waals surface area contributed by atoms with Crippen LogP contribution in [0, 0.1) is 0 Å². The summed E-state index contributed by atoms with van der Waals surface area (Å²) in [6.07, 6.45) is 0. The molecule has 2 rings (SSSR count). The van der Waals surface area contributed by atoms with Crippen LogP contribution in [0.25, 0.3) is 0 Å². The molecule has 8 nitrogen and oxygen atoms in total. The van der Waals surface area contributed by atoms with Crippen molar-refractivity contribution in [3.8, 4) is 5.75 Å². The van der Waals surface area contributed by atoms with Crippen LogP contribution < -0.4 is 9.04 Å². The van der Waals surface area contributed by atoms with Crippen molar-refractivity contribution < 1.29 is 32.6 Å². The van der Waals surface area contributed by atoms with Crippen LogP contribution in [0.4, 0.5) is 5.69 Å². The van der Waals surface area contributed by atoms with Crippen LogP contribution in [0.15, 0.2) is 45.8 Å². The van der Waals surface area contributed by atoms with Crippen LogP contribution in [0.3, 0.4) is 0 Å². The minimum atomic E-state index is -4.09. The second kappa shape index (κ2) is 8.61. The maximum absolute atomic E-state index is 13.1. The van der Waals surface area contributed by atoms with Crippen LogP contribution in [0.5, 0.6) is 5.75 Å². The van der Waals surface area contributed by atoms with E-state index in [2.05, 4.69) is 15.9 Å². The van der Waals surface area contributed by atoms with Gasteiger partial charge in [0.05, 0.1) is 23.3 Å². The van der Waals surface area contributed by atoms with Crippen LogP contribution >= 0.6 is 15.9 Å². The summed E-state index contributed by atoms with van der Waals surface area (Å²) < 4.78 is 37.4. The topological polar surface area (TPSA) is 110 Å². The van der Waals surface area contributed by atoms with Crippen molar-refractivity contribution in [3.05, 3.63) is 52.0 Å². The number of anilines is 1. The monoisotopic (exact) mass is 471 g/mol. The number of benzene rings is 2. The molecule has 150 valence electrons. The number of carbonyl (C=O) groups excluding carboxylic acids is 1. The number of methoxy groups -OCH3 is 1. The number of sulfonamides is 1. The Labute approximate surface area is 170 Å². The Morgan fingerprint density at radius 1 is 1.18 bits per heavy atom. The molecule has 0 saturated heterocycles. The molecule has 0 radical (unpaired) electrons. The second-order valence-corrected chi connectivity index (χ2v) is 8.58. The first-order valence-electron chi connectivity index (χ1n) is 7.90. The Balaban J connectivity index is 2.62. The molecule has 0 heterocycles. The summed E-state index contributed by atoms with van der Waals surface area (Å²) in [4.78, 5) is 22.9. The number of aromatic carboxylic acids is 1. The zero-order valence-electron chi connectivity index (χ0n) is 15.3. The first-order valence-corrected chi connectivity index (χ1v) is 10.1. The van der Waals surface area contributed by atoms with E-state index in [1.165, 1.54) is 57.5 Å². The number of hydrogen-bond donors (Lipinski definition) is 1. The number of halogens is 1. The van der Waals surface area contributed by atoms with E-state index in [9.17, 15) is 23.1 Å². The number of carbonyl (C=O) groups is 2. The summed E-state index contributed by atoms with van der Waals surface area (Å²) in [6.45, 7) is 0.917. The highest BCUT2D eigenvalue weighted by molar-refractivity contribution is 9.10. The van der Waals surface area contributed by atoms with Gasteiger partial charge in [0.1, 0.15) is 12.4 Å². The quantitative estimate of drug-likeness (QED) is 0.617. The SMILES string of the molecule is COc1ccc(S(=O)(=O)N(C)c2c(COC(C)=O)cc(Br)cc2C(=O)O)cc1. The summed E-state index contributed by atoms with van der Waals surface area (Å²) >= 11 is 3.20. The fourth-order valence-corrected chi connectivity index (χ4v) is 4.26. The van der Waals surface area contributed by atoms with E-state index >= 15 is 0 Å². The molecule has 0 aliphatic carbocycles. The van der Waals surface area contributed by atoms with Gasteiger partial charge in [-0.25, -0.2) is 13.2 Å². The molecule has 0 atom stereocenters. The summed E-state index contributed by atoms with van der Waals surface area (Å²) in [5.41, 5.74) is -0.120. The van der Waals surface area contributed by atoms with Gasteiger partial charge in [-0.2, -0.15) is 0 Å². The molecule has 0 unspecified atom stereocenters. The molecule has 0 fully saturated rings. The molecule has 0 spiro atoms. The van der Waals surface area contributed by atoms with Crippen molar-refractivity contribution in [1.29, 1.82) is 0 Å². The predicted octanol–water partition coefficient (Wildman–Crippen LogP) is 3.04. The van der Waals surface area contributed by atoms with E-state index in [4.69, 9.17) is 9.47 Å². The smallest absolute Gasteiger partial charge is 0.337 e. The summed E-state index contributed by atoms with van der Waals surface area (Å²) in [5.74, 6) is -1.42. The molecular weight excluding hydrogens is 454 g/mol. The van der Waals surface area contributed by atoms with Gasteiger partial charge in [0.15, 0.2) is 0 Å². The van der Waals surface area contributed by atoms with Crippen molar-refractivity contribution in [2.24, 2.45) is 0 Å². The molecule has 28 heavy (non-hydrogen) atoms. The van der Waals surface area contributed by atoms with Crippen molar-refractivity contribution in [3.63, 3.8) is 0 Å². The third-order valence-electron chi connectivity index (χ3n) is 3.85. The lowest BCUT2D eigenvalue weighted by Gasteiger charge is -2.24. The zero-order chi connectivity index (χ0) is 21.1. The summed E-state index contributed by atoms with van der Waals surface area (Å²) in [5, 5.41) is 9.58. The van der Waals surface area contributed by atoms with Gasteiger partial charge in [-0.05, 0) is 36.4 Å². The molecule has 0 aliphatic heterocycles. The maximum Gasteiger partial charge on any atom is 0.337 e. The van der Waals surface area contributed by atoms with Gasteiger partial charge in [0, 0.05) is 24.0 Å². The van der Waals surface area contributed by atoms with Crippen molar-refractivity contribution in [2.75, 3.05) is 18.5 Å². The largest absolute Gasteiger partial charge is 0.497 e. The minimum Gasteiger partial charge on any atom is -0.497 e. The van der Waals surface area contributed by atoms with Gasteiger partial charge in [-0.15, -0.1) is 0 Å². The Morgan fingerprint density at radius 2 is 1.79 bits per heavy atom. The standard InChI is InChI=1S/C18H18BrNO7S/c1-11(21)27-10-12-8-13(19)9-16(18(22)23)17(12)20(2)28(24,25)15-6-4-14(26-3)5-7-15/h4-9H,10H2,1-3H3,(H,22,23). The lowest BCUT2D eigenvalue weighted by atomic mass is 10.1. The third kappa shape index (κ3) is 4.63. The third-order valence-corrected chi connectivity index (χ3v) is 6.08. The molecule has 0 aliphatic rings. The van der Waals surface area contributed by atoms with Gasteiger partial charge in [-0.3, -0.25) is 9.10 Å². The summed E-state index contributed by atoms with van der Waals surface area (Å²) in [6, 6.07) is 8.48. The van der Waals surface area contributed by atoms with Gasteiger partial charge >= 0.3 is 11.9 Å². The van der Waals surface area contributed by atoms with E-state index in [-0.39, 0.29) is 28.3 Å². The van der Waals surface area contributed by atoms with Crippen LogP contribution in [0.1, 0.15) is 22.8 Å². The average molecular weight is 472 g/mol. The molecule has 0 bridgehead atoms. The number of hydrogen-bond acceptors (Lipinski definition) is 6. The predicted molar refractivity (Wildman–Crippen MR) is 105 cm³/mol. The number of carboxylic acid groups (broad SMARTS) is 1. The van der Waals surface area contributed by atoms with E-state index in [1.54, 1.807) is 0 Å². The lowest BCUT2D eigenvalue weighted by Crippen LogP contribution is -2.29. The van der Waals surface area contributed by atoms with E-state index < -0.39 is 22.0 Å². The second-order valence-electron chi connectivity index (χ2n) is 5.69. The lowest BCUT2D eigenvalue weighted by molar-refractivity contribution is -0.142. The highest BCUT2D eigenvalue weighted by Gasteiger charge is 2.28. The van der Waals surface area contributed by atoms with Crippen LogP contribution in [-0.4, -0.2) is 39.6 Å². The number of ether oxygens (including phenoxy) is 2. The van der Waals surface area contributed by atoms with E-state index in [1.807, 2.05) is 0 Å². The zero-order valence-corrected chi connectivity index (χ0v) is 17.7. The van der Waals surface area contributed by atoms with E-state index in [0.29, 0.717) is 10.2 Å². The molecule has 0 aromatic heterocycles. The maximum atomic E-state index is 13.1. The fraction of sp³-hybridized carbons (Fsp3) is 0.222. The van der Waals surface area contributed by atoms with Gasteiger partial charge in [0.2, 0.25) is 0 Å². The number of nitrogens with zero attached hydrogens (tertiary/aromatic N) is 1. The molecule has 2 aromatic carbocycles. The average Bonchev–Trinajstić information content (AvgIpc) is 2.65. The Kier molecular flexibility index (Phi) is 6.68. The Bertz CT molecular complexity index is 1000. The molecule has 0 amide bonds. The molecular formula is C18H18BrNO7S. The highest BCUT2D eigenvalue weighted by atomic mass is 79.9. The number of rotatable bonds is 7. The van der Waals surface area contributed by atoms with Crippen molar-refractivity contribution >= 4 is 43.6 Å². The van der Waals surface area contributed by atoms with Crippen molar-refractivity contribution in [2.45, 2.75) is 18.4 Å². The first kappa shape index (κ1) is 21.7. The van der Waals surface area contributed by atoms with Crippen LogP contribution in [0.2, 0.25) is 0 Å². The Hall–Kier alpha value is -2.59. The number of carboxylic acids is 1. The molecule has 10 heteroatoms. The van der Waals surface area contributed by atoms with Crippen LogP contribution in [-0.2, 0) is 26.2 Å². The normalized spacial score (nSPS) is 11.0. The molecule has 2 aromatic rings. The summed E-state index contributed by atoms with van der Waals surface area (Å²) in [7, 11) is -1.39. The van der Waals surface area contributed by atoms with E-state index in [0.717, 1.165) is 4.31 Å². The van der Waals surface area contributed by atoms with Crippen molar-refractivity contribution in [1.82, 2.24) is 0 Å². The number of esters is 1. The molecule has 0 saturated carbocycles. The van der Waals surface area contributed by atoms with Gasteiger partial charge in [0.25, 0.3) is 10.0 Å². The Morgan fingerprint density at radius 3 is 2.29 bits per heavy atom. The van der Waals surface area contributed by atoms with Gasteiger partial charge < -0.3 is 14.6 Å². The van der Waals surface area contributed by atoms with Gasteiger partial charge in [-0.1, -0.05) is 15.9 Å².